The van der Waals surface area contributed by atoms with Gasteiger partial charge in [0.2, 0.25) is 0 Å². The van der Waals surface area contributed by atoms with Gasteiger partial charge in [-0.2, -0.15) is 0 Å². The monoisotopic (exact) mass is 292 g/mol. The first-order valence-electron chi connectivity index (χ1n) is 7.52. The van der Waals surface area contributed by atoms with Crippen LogP contribution in [0, 0.1) is 5.92 Å². The average Bonchev–Trinajstić information content (AvgIpc) is 3.30. The van der Waals surface area contributed by atoms with Gasteiger partial charge in [0.05, 0.1) is 10.6 Å². The lowest BCUT2D eigenvalue weighted by Crippen LogP contribution is -2.40. The molecule has 0 atom stereocenters. The van der Waals surface area contributed by atoms with E-state index in [4.69, 9.17) is 11.6 Å². The fourth-order valence-electron chi connectivity index (χ4n) is 2.92. The number of hydrogen-bond acceptors (Lipinski definition) is 2. The van der Waals surface area contributed by atoms with Crippen LogP contribution in [-0.4, -0.2) is 36.5 Å². The molecular weight excluding hydrogens is 272 g/mol. The molecule has 1 heterocycles. The standard InChI is InChI=1S/C16H21ClN2O/c17-15-4-2-1-3-14(15)16(20)19(13-5-6-13)11-12-7-9-18-10-8-12/h1-4,12-13,18H,5-11H2. The van der Waals surface area contributed by atoms with Crippen molar-refractivity contribution >= 4 is 17.5 Å². The topological polar surface area (TPSA) is 32.3 Å². The van der Waals surface area contributed by atoms with Gasteiger partial charge in [0.25, 0.3) is 5.91 Å². The zero-order valence-electron chi connectivity index (χ0n) is 11.6. The van der Waals surface area contributed by atoms with E-state index in [9.17, 15) is 4.79 Å². The molecule has 3 rings (SSSR count). The van der Waals surface area contributed by atoms with Gasteiger partial charge in [0.1, 0.15) is 0 Å². The van der Waals surface area contributed by atoms with E-state index in [1.54, 1.807) is 6.07 Å². The summed E-state index contributed by atoms with van der Waals surface area (Å²) < 4.78 is 0. The van der Waals surface area contributed by atoms with E-state index in [1.165, 1.54) is 12.8 Å². The lowest BCUT2D eigenvalue weighted by molar-refractivity contribution is 0.0702. The Morgan fingerprint density at radius 1 is 1.20 bits per heavy atom. The Bertz CT molecular complexity index is 481. The van der Waals surface area contributed by atoms with E-state index in [0.29, 0.717) is 22.5 Å². The number of amides is 1. The predicted molar refractivity (Wildman–Crippen MR) is 81.1 cm³/mol. The first-order valence-corrected chi connectivity index (χ1v) is 7.89. The first-order chi connectivity index (χ1) is 9.75. The molecule has 1 N–H and O–H groups in total. The van der Waals surface area contributed by atoms with Crippen LogP contribution in [0.3, 0.4) is 0 Å². The molecule has 1 aliphatic heterocycles. The molecule has 1 saturated carbocycles. The maximum atomic E-state index is 12.7. The van der Waals surface area contributed by atoms with Crippen LogP contribution in [0.4, 0.5) is 0 Å². The Balaban J connectivity index is 1.73. The molecule has 108 valence electrons. The van der Waals surface area contributed by atoms with Crippen LogP contribution in [0.2, 0.25) is 5.02 Å². The van der Waals surface area contributed by atoms with Gasteiger partial charge in [-0.15, -0.1) is 0 Å². The lowest BCUT2D eigenvalue weighted by atomic mass is 9.97. The maximum absolute atomic E-state index is 12.7. The second-order valence-electron chi connectivity index (χ2n) is 5.86. The zero-order chi connectivity index (χ0) is 13.9. The number of rotatable bonds is 4. The number of benzene rings is 1. The molecule has 0 aromatic heterocycles. The van der Waals surface area contributed by atoms with Gasteiger partial charge < -0.3 is 10.2 Å². The summed E-state index contributed by atoms with van der Waals surface area (Å²) in [5.41, 5.74) is 0.648. The summed E-state index contributed by atoms with van der Waals surface area (Å²) in [7, 11) is 0. The van der Waals surface area contributed by atoms with E-state index in [0.717, 1.165) is 32.5 Å². The van der Waals surface area contributed by atoms with Gasteiger partial charge in [0, 0.05) is 12.6 Å². The molecule has 4 heteroatoms. The molecule has 1 aromatic carbocycles. The number of hydrogen-bond donors (Lipinski definition) is 1. The summed E-state index contributed by atoms with van der Waals surface area (Å²) in [4.78, 5) is 14.8. The van der Waals surface area contributed by atoms with Gasteiger partial charge in [0.15, 0.2) is 0 Å². The van der Waals surface area contributed by atoms with Crippen molar-refractivity contribution in [1.29, 1.82) is 0 Å². The molecule has 0 radical (unpaired) electrons. The molecule has 2 fully saturated rings. The van der Waals surface area contributed by atoms with Gasteiger partial charge in [-0.3, -0.25) is 4.79 Å². The van der Waals surface area contributed by atoms with E-state index in [-0.39, 0.29) is 5.91 Å². The third kappa shape index (κ3) is 3.15. The van der Waals surface area contributed by atoms with Crippen LogP contribution in [-0.2, 0) is 0 Å². The summed E-state index contributed by atoms with van der Waals surface area (Å²) in [6, 6.07) is 7.82. The first kappa shape index (κ1) is 13.9. The van der Waals surface area contributed by atoms with Crippen LogP contribution in [0.1, 0.15) is 36.0 Å². The predicted octanol–water partition coefficient (Wildman–Crippen LogP) is 2.94. The minimum Gasteiger partial charge on any atom is -0.335 e. The third-order valence-electron chi connectivity index (χ3n) is 4.27. The lowest BCUT2D eigenvalue weighted by Gasteiger charge is -2.30. The summed E-state index contributed by atoms with van der Waals surface area (Å²) in [6.45, 7) is 3.03. The van der Waals surface area contributed by atoms with Crippen LogP contribution in [0.25, 0.3) is 0 Å². The summed E-state index contributed by atoms with van der Waals surface area (Å²) in [5.74, 6) is 0.736. The molecule has 0 unspecified atom stereocenters. The van der Waals surface area contributed by atoms with Crippen molar-refractivity contribution in [1.82, 2.24) is 10.2 Å². The highest BCUT2D eigenvalue weighted by Gasteiger charge is 2.35. The Morgan fingerprint density at radius 3 is 2.55 bits per heavy atom. The number of carbonyl (C=O) groups excluding carboxylic acids is 1. The largest absolute Gasteiger partial charge is 0.335 e. The van der Waals surface area contributed by atoms with E-state index < -0.39 is 0 Å². The molecule has 0 bridgehead atoms. The molecule has 3 nitrogen and oxygen atoms in total. The number of halogens is 1. The van der Waals surface area contributed by atoms with E-state index in [2.05, 4.69) is 10.2 Å². The minimum absolute atomic E-state index is 0.108. The van der Waals surface area contributed by atoms with Crippen LogP contribution < -0.4 is 5.32 Å². The number of nitrogens with zero attached hydrogens (tertiary/aromatic N) is 1. The Labute approximate surface area is 125 Å². The van der Waals surface area contributed by atoms with E-state index in [1.807, 2.05) is 18.2 Å². The highest BCUT2D eigenvalue weighted by Crippen LogP contribution is 2.31. The molecule has 1 amide bonds. The zero-order valence-corrected chi connectivity index (χ0v) is 12.4. The van der Waals surface area contributed by atoms with Crippen LogP contribution in [0.5, 0.6) is 0 Å². The van der Waals surface area contributed by atoms with Crippen LogP contribution >= 0.6 is 11.6 Å². The van der Waals surface area contributed by atoms with Gasteiger partial charge >= 0.3 is 0 Å². The van der Waals surface area contributed by atoms with Crippen molar-refractivity contribution < 1.29 is 4.79 Å². The Hall–Kier alpha value is -1.06. The van der Waals surface area contributed by atoms with Crippen LogP contribution in [0.15, 0.2) is 24.3 Å². The third-order valence-corrected chi connectivity index (χ3v) is 4.60. The smallest absolute Gasteiger partial charge is 0.255 e. The SMILES string of the molecule is O=C(c1ccccc1Cl)N(CC1CCNCC1)C1CC1. The van der Waals surface area contributed by atoms with Crippen molar-refractivity contribution in [3.05, 3.63) is 34.9 Å². The highest BCUT2D eigenvalue weighted by molar-refractivity contribution is 6.33. The average molecular weight is 293 g/mol. The summed E-state index contributed by atoms with van der Waals surface area (Å²) >= 11 is 6.17. The summed E-state index contributed by atoms with van der Waals surface area (Å²) in [5, 5.41) is 3.94. The molecule has 1 aromatic rings. The minimum atomic E-state index is 0.108. The maximum Gasteiger partial charge on any atom is 0.255 e. The normalized spacial score (nSPS) is 19.9. The second kappa shape index (κ2) is 6.15. The Morgan fingerprint density at radius 2 is 1.90 bits per heavy atom. The number of piperidine rings is 1. The highest BCUT2D eigenvalue weighted by atomic mass is 35.5. The van der Waals surface area contributed by atoms with Crippen molar-refractivity contribution in [2.24, 2.45) is 5.92 Å². The number of nitrogens with one attached hydrogen (secondary N) is 1. The second-order valence-corrected chi connectivity index (χ2v) is 6.27. The Kier molecular flexibility index (Phi) is 4.27. The fourth-order valence-corrected chi connectivity index (χ4v) is 3.13. The molecule has 1 aliphatic carbocycles. The molecule has 2 aliphatic rings. The van der Waals surface area contributed by atoms with Gasteiger partial charge in [-0.05, 0) is 56.8 Å². The molecular formula is C16H21ClN2O. The fraction of sp³-hybridized carbons (Fsp3) is 0.562. The summed E-state index contributed by atoms with van der Waals surface area (Å²) in [6.07, 6.45) is 4.61. The van der Waals surface area contributed by atoms with Crippen molar-refractivity contribution in [3.63, 3.8) is 0 Å². The van der Waals surface area contributed by atoms with Crippen molar-refractivity contribution in [3.8, 4) is 0 Å². The molecule has 20 heavy (non-hydrogen) atoms. The molecule has 0 spiro atoms. The van der Waals surface area contributed by atoms with Crippen molar-refractivity contribution in [2.45, 2.75) is 31.7 Å². The van der Waals surface area contributed by atoms with Gasteiger partial charge in [-0.1, -0.05) is 23.7 Å². The van der Waals surface area contributed by atoms with E-state index >= 15 is 0 Å². The molecule has 1 saturated heterocycles. The quantitative estimate of drug-likeness (QED) is 0.925. The number of carbonyl (C=O) groups is 1. The van der Waals surface area contributed by atoms with Gasteiger partial charge in [-0.25, -0.2) is 0 Å². The van der Waals surface area contributed by atoms with Crippen molar-refractivity contribution in [2.75, 3.05) is 19.6 Å².